The highest BCUT2D eigenvalue weighted by atomic mass is 35.5. The van der Waals surface area contributed by atoms with E-state index in [1.165, 1.54) is 0 Å². The van der Waals surface area contributed by atoms with E-state index < -0.39 is 0 Å². The van der Waals surface area contributed by atoms with Gasteiger partial charge in [0.05, 0.1) is 13.2 Å². The van der Waals surface area contributed by atoms with Crippen LogP contribution in [-0.4, -0.2) is 38.4 Å². The maximum atomic E-state index is 11.9. The summed E-state index contributed by atoms with van der Waals surface area (Å²) in [7, 11) is 0. The van der Waals surface area contributed by atoms with E-state index in [0.717, 1.165) is 18.7 Å². The lowest BCUT2D eigenvalue weighted by Gasteiger charge is -2.42. The number of benzene rings is 1. The third-order valence-electron chi connectivity index (χ3n) is 3.99. The van der Waals surface area contributed by atoms with Crippen molar-refractivity contribution in [3.8, 4) is 0 Å². The summed E-state index contributed by atoms with van der Waals surface area (Å²) in [6.07, 6.45) is -0.336. The fraction of sp³-hybridized carbons (Fsp3) is 0.533. The summed E-state index contributed by atoms with van der Waals surface area (Å²) in [6.45, 7) is 3.49. The lowest BCUT2D eigenvalue weighted by atomic mass is 9.83. The number of hydrogen-bond acceptors (Lipinski definition) is 4. The number of nitrogens with one attached hydrogen (secondary N) is 2. The quantitative estimate of drug-likeness (QED) is 0.889. The molecule has 2 heterocycles. The molecule has 2 bridgehead atoms. The monoisotopic (exact) mass is 312 g/mol. The number of carbonyl (C=O) groups excluding carboxylic acids is 1. The van der Waals surface area contributed by atoms with Crippen LogP contribution in [0.1, 0.15) is 5.56 Å². The molecular weight excluding hydrogens is 292 g/mol. The van der Waals surface area contributed by atoms with Crippen LogP contribution in [0, 0.1) is 11.8 Å². The molecule has 5 nitrogen and oxygen atoms in total. The van der Waals surface area contributed by atoms with Crippen LogP contribution < -0.4 is 10.6 Å². The van der Waals surface area contributed by atoms with E-state index in [2.05, 4.69) is 10.6 Å². The normalized spacial score (nSPS) is 27.3. The number of alkyl carbamates (subject to hydrolysis) is 1. The van der Waals surface area contributed by atoms with E-state index in [0.29, 0.717) is 31.7 Å². The summed E-state index contributed by atoms with van der Waals surface area (Å²) < 4.78 is 10.8. The second-order valence-corrected chi connectivity index (χ2v) is 5.45. The standard InChI is InChI=1S/C15H20N2O3.ClH/c18-15(20-8-11-4-2-1-3-5-11)17-14-12-6-16-7-13(14)10-19-9-12;/h1-5,12-14,16H,6-10H2,(H,17,18);1H. The molecule has 2 atom stereocenters. The molecule has 2 fully saturated rings. The molecule has 1 amide bonds. The molecule has 3 rings (SSSR count). The van der Waals surface area contributed by atoms with Gasteiger partial charge >= 0.3 is 6.09 Å². The number of piperidine rings is 1. The number of fused-ring (bicyclic) bond motifs is 2. The smallest absolute Gasteiger partial charge is 0.407 e. The lowest BCUT2D eigenvalue weighted by Crippen LogP contribution is -2.60. The Balaban J connectivity index is 0.00000161. The van der Waals surface area contributed by atoms with Gasteiger partial charge in [-0.05, 0) is 5.56 Å². The van der Waals surface area contributed by atoms with Crippen molar-refractivity contribution in [3.63, 3.8) is 0 Å². The van der Waals surface area contributed by atoms with Gasteiger partial charge in [-0.15, -0.1) is 12.4 Å². The number of halogens is 1. The van der Waals surface area contributed by atoms with Gasteiger partial charge in [-0.2, -0.15) is 0 Å². The van der Waals surface area contributed by atoms with Gasteiger partial charge < -0.3 is 20.1 Å². The summed E-state index contributed by atoms with van der Waals surface area (Å²) in [5, 5.41) is 6.39. The Morgan fingerprint density at radius 2 is 1.90 bits per heavy atom. The third-order valence-corrected chi connectivity index (χ3v) is 3.99. The summed E-state index contributed by atoms with van der Waals surface area (Å²) in [4.78, 5) is 11.9. The zero-order chi connectivity index (χ0) is 13.8. The number of rotatable bonds is 3. The van der Waals surface area contributed by atoms with E-state index >= 15 is 0 Å². The molecular formula is C15H21ClN2O3. The van der Waals surface area contributed by atoms with Crippen molar-refractivity contribution in [1.82, 2.24) is 10.6 Å². The molecule has 116 valence electrons. The van der Waals surface area contributed by atoms with Crippen LogP contribution in [-0.2, 0) is 16.1 Å². The molecule has 2 aliphatic rings. The first-order valence-corrected chi connectivity index (χ1v) is 7.08. The molecule has 0 radical (unpaired) electrons. The van der Waals surface area contributed by atoms with Gasteiger partial charge in [0, 0.05) is 31.0 Å². The molecule has 1 aromatic rings. The van der Waals surface area contributed by atoms with Gasteiger partial charge in [-0.25, -0.2) is 4.79 Å². The fourth-order valence-electron chi connectivity index (χ4n) is 2.93. The molecule has 2 saturated heterocycles. The van der Waals surface area contributed by atoms with Crippen LogP contribution in [0.3, 0.4) is 0 Å². The third kappa shape index (κ3) is 4.09. The molecule has 6 heteroatoms. The van der Waals surface area contributed by atoms with Gasteiger partial charge in [0.25, 0.3) is 0 Å². The Hall–Kier alpha value is -1.30. The minimum Gasteiger partial charge on any atom is -0.445 e. The van der Waals surface area contributed by atoms with E-state index in [9.17, 15) is 4.79 Å². The highest BCUT2D eigenvalue weighted by molar-refractivity contribution is 5.85. The molecule has 1 aromatic carbocycles. The maximum absolute atomic E-state index is 11.9. The summed E-state index contributed by atoms with van der Waals surface area (Å²) in [6, 6.07) is 9.87. The molecule has 21 heavy (non-hydrogen) atoms. The van der Waals surface area contributed by atoms with Crippen LogP contribution in [0.15, 0.2) is 30.3 Å². The van der Waals surface area contributed by atoms with E-state index in [-0.39, 0.29) is 24.5 Å². The maximum Gasteiger partial charge on any atom is 0.407 e. The van der Waals surface area contributed by atoms with Crippen molar-refractivity contribution in [2.75, 3.05) is 26.3 Å². The fourth-order valence-corrected chi connectivity index (χ4v) is 2.93. The zero-order valence-electron chi connectivity index (χ0n) is 11.8. The molecule has 2 aliphatic heterocycles. The first kappa shape index (κ1) is 16.1. The molecule has 0 aromatic heterocycles. The summed E-state index contributed by atoms with van der Waals surface area (Å²) in [5.41, 5.74) is 0.997. The summed E-state index contributed by atoms with van der Waals surface area (Å²) in [5.74, 6) is 0.679. The Labute approximate surface area is 130 Å². The van der Waals surface area contributed by atoms with Crippen molar-refractivity contribution in [2.24, 2.45) is 11.8 Å². The highest BCUT2D eigenvalue weighted by Gasteiger charge is 2.38. The minimum atomic E-state index is -0.336. The largest absolute Gasteiger partial charge is 0.445 e. The molecule has 0 aliphatic carbocycles. The topological polar surface area (TPSA) is 59.6 Å². The van der Waals surface area contributed by atoms with Gasteiger partial charge in [0.15, 0.2) is 0 Å². The van der Waals surface area contributed by atoms with Gasteiger partial charge in [0.1, 0.15) is 6.61 Å². The predicted molar refractivity (Wildman–Crippen MR) is 81.5 cm³/mol. The van der Waals surface area contributed by atoms with Crippen molar-refractivity contribution >= 4 is 18.5 Å². The van der Waals surface area contributed by atoms with E-state index in [4.69, 9.17) is 9.47 Å². The second-order valence-electron chi connectivity index (χ2n) is 5.45. The number of carbonyl (C=O) groups is 1. The van der Waals surface area contributed by atoms with E-state index in [1.807, 2.05) is 30.3 Å². The SMILES string of the molecule is Cl.O=C(NC1C2CNCC1COC2)OCc1ccccc1. The average Bonchev–Trinajstić information content (AvgIpc) is 2.46. The minimum absolute atomic E-state index is 0. The Kier molecular flexibility index (Phi) is 5.85. The van der Waals surface area contributed by atoms with Gasteiger partial charge in [-0.3, -0.25) is 0 Å². The number of ether oxygens (including phenoxy) is 2. The average molecular weight is 313 g/mol. The van der Waals surface area contributed by atoms with E-state index in [1.54, 1.807) is 0 Å². The first-order chi connectivity index (χ1) is 9.83. The van der Waals surface area contributed by atoms with Crippen LogP contribution >= 0.6 is 12.4 Å². The predicted octanol–water partition coefficient (Wildman–Crippen LogP) is 1.57. The van der Waals surface area contributed by atoms with Crippen molar-refractivity contribution in [1.29, 1.82) is 0 Å². The van der Waals surface area contributed by atoms with Crippen LogP contribution in [0.4, 0.5) is 4.79 Å². The van der Waals surface area contributed by atoms with Crippen molar-refractivity contribution < 1.29 is 14.3 Å². The Morgan fingerprint density at radius 1 is 1.24 bits per heavy atom. The molecule has 0 spiro atoms. The van der Waals surface area contributed by atoms with Gasteiger partial charge in [-0.1, -0.05) is 30.3 Å². The number of hydrogen-bond donors (Lipinski definition) is 2. The Bertz CT molecular complexity index is 435. The lowest BCUT2D eigenvalue weighted by molar-refractivity contribution is -0.0270. The number of amides is 1. The molecule has 2 unspecified atom stereocenters. The van der Waals surface area contributed by atoms with Gasteiger partial charge in [0.2, 0.25) is 0 Å². The second kappa shape index (κ2) is 7.64. The van der Waals surface area contributed by atoms with Crippen LogP contribution in [0.25, 0.3) is 0 Å². The van der Waals surface area contributed by atoms with Crippen molar-refractivity contribution in [2.45, 2.75) is 12.6 Å². The Morgan fingerprint density at radius 3 is 2.57 bits per heavy atom. The highest BCUT2D eigenvalue weighted by Crippen LogP contribution is 2.23. The molecule has 0 saturated carbocycles. The zero-order valence-corrected chi connectivity index (χ0v) is 12.6. The van der Waals surface area contributed by atoms with Crippen molar-refractivity contribution in [3.05, 3.63) is 35.9 Å². The van der Waals surface area contributed by atoms with Crippen LogP contribution in [0.2, 0.25) is 0 Å². The molecule has 2 N–H and O–H groups in total. The first-order valence-electron chi connectivity index (χ1n) is 7.08. The van der Waals surface area contributed by atoms with Crippen LogP contribution in [0.5, 0.6) is 0 Å². The summed E-state index contributed by atoms with van der Waals surface area (Å²) >= 11 is 0.